The molecule has 0 amide bonds. The van der Waals surface area contributed by atoms with Gasteiger partial charge >= 0.3 is 5.69 Å². The van der Waals surface area contributed by atoms with Crippen molar-refractivity contribution in [1.29, 1.82) is 0 Å². The van der Waals surface area contributed by atoms with Gasteiger partial charge in [0.15, 0.2) is 10.8 Å². The zero-order chi connectivity index (χ0) is 26.7. The molecule has 0 aliphatic heterocycles. The van der Waals surface area contributed by atoms with Crippen LogP contribution in [0.15, 0.2) is 11.2 Å². The quantitative estimate of drug-likeness (QED) is 0.198. The Bertz CT molecular complexity index is 1020. The molecular formula is C22H36N8O4S. The zero-order valence-electron chi connectivity index (χ0n) is 21.6. The molecule has 194 valence electrons. The normalized spacial score (nSPS) is 10.6. The minimum atomic E-state index is -0.579. The summed E-state index contributed by atoms with van der Waals surface area (Å²) in [5.41, 5.74) is 0.555. The Morgan fingerprint density at radius 1 is 0.971 bits per heavy atom. The fourth-order valence-electron chi connectivity index (χ4n) is 3.10. The maximum absolute atomic E-state index is 11.3. The van der Waals surface area contributed by atoms with Crippen molar-refractivity contribution in [3.8, 4) is 0 Å². The first-order chi connectivity index (χ1) is 16.5. The summed E-state index contributed by atoms with van der Waals surface area (Å²) in [6, 6.07) is 1.67. The third kappa shape index (κ3) is 8.81. The van der Waals surface area contributed by atoms with Gasteiger partial charge < -0.3 is 16.0 Å². The molecule has 0 saturated heterocycles. The number of anilines is 3. The number of aryl methyl sites for hydroxylation is 1. The second-order valence-electron chi connectivity index (χ2n) is 8.03. The average molecular weight is 509 g/mol. The van der Waals surface area contributed by atoms with Crippen molar-refractivity contribution in [3.63, 3.8) is 0 Å². The highest BCUT2D eigenvalue weighted by molar-refractivity contribution is 7.98. The van der Waals surface area contributed by atoms with Crippen LogP contribution in [0.1, 0.15) is 58.6 Å². The molecule has 0 unspecified atom stereocenters. The van der Waals surface area contributed by atoms with E-state index >= 15 is 0 Å². The van der Waals surface area contributed by atoms with Gasteiger partial charge in [0.25, 0.3) is 5.69 Å². The molecule has 3 N–H and O–H groups in total. The Hall–Kier alpha value is -3.22. The Kier molecular flexibility index (Phi) is 12.1. The summed E-state index contributed by atoms with van der Waals surface area (Å²) < 4.78 is 0. The van der Waals surface area contributed by atoms with E-state index in [1.54, 1.807) is 13.8 Å². The van der Waals surface area contributed by atoms with Crippen LogP contribution < -0.4 is 16.0 Å². The van der Waals surface area contributed by atoms with E-state index in [0.29, 0.717) is 29.1 Å². The van der Waals surface area contributed by atoms with E-state index in [1.165, 1.54) is 17.8 Å². The fourth-order valence-corrected chi connectivity index (χ4v) is 3.46. The highest BCUT2D eigenvalue weighted by Crippen LogP contribution is 2.39. The van der Waals surface area contributed by atoms with E-state index in [0.717, 1.165) is 24.5 Å². The second-order valence-corrected chi connectivity index (χ2v) is 8.81. The van der Waals surface area contributed by atoms with E-state index < -0.39 is 9.85 Å². The van der Waals surface area contributed by atoms with Crippen molar-refractivity contribution in [2.24, 2.45) is 0 Å². The van der Waals surface area contributed by atoms with Crippen molar-refractivity contribution >= 4 is 40.7 Å². The van der Waals surface area contributed by atoms with Crippen LogP contribution in [0.3, 0.4) is 0 Å². The van der Waals surface area contributed by atoms with E-state index in [1.807, 2.05) is 27.0 Å². The summed E-state index contributed by atoms with van der Waals surface area (Å²) in [5, 5.41) is 32.4. The lowest BCUT2D eigenvalue weighted by Gasteiger charge is -2.17. The van der Waals surface area contributed by atoms with Crippen LogP contribution in [0, 0.1) is 34.1 Å². The summed E-state index contributed by atoms with van der Waals surface area (Å²) in [7, 11) is 0. The monoisotopic (exact) mass is 508 g/mol. The van der Waals surface area contributed by atoms with Crippen molar-refractivity contribution in [2.75, 3.05) is 28.8 Å². The average Bonchev–Trinajstić information content (AvgIpc) is 2.79. The molecular weight excluding hydrogens is 472 g/mol. The molecule has 0 saturated carbocycles. The minimum absolute atomic E-state index is 0.0109. The number of nitrogens with zero attached hydrogens (tertiary/aromatic N) is 5. The number of nitro benzene ring substituents is 2. The molecule has 2 rings (SSSR count). The predicted molar refractivity (Wildman–Crippen MR) is 142 cm³/mol. The smallest absolute Gasteiger partial charge is 0.302 e. The summed E-state index contributed by atoms with van der Waals surface area (Å²) in [5.74, 6) is 1.25. The largest absolute Gasteiger partial charge is 0.371 e. The zero-order valence-corrected chi connectivity index (χ0v) is 22.4. The number of hydrogen-bond acceptors (Lipinski definition) is 11. The fraction of sp³-hybridized carbons (Fsp3) is 0.591. The topological polar surface area (TPSA) is 161 Å². The molecule has 0 aliphatic carbocycles. The lowest BCUT2D eigenvalue weighted by atomic mass is 10.0. The second kappa shape index (κ2) is 14.2. The van der Waals surface area contributed by atoms with Crippen LogP contribution in [0.2, 0.25) is 0 Å². The Morgan fingerprint density at radius 2 is 1.57 bits per heavy atom. The summed E-state index contributed by atoms with van der Waals surface area (Å²) in [6.07, 6.45) is 3.42. The molecule has 0 bridgehead atoms. The maximum atomic E-state index is 11.3. The van der Waals surface area contributed by atoms with Gasteiger partial charge in [-0.3, -0.25) is 20.2 Å². The third-order valence-corrected chi connectivity index (χ3v) is 5.60. The van der Waals surface area contributed by atoms with E-state index in [2.05, 4.69) is 44.7 Å². The Labute approximate surface area is 210 Å². The molecule has 12 nitrogen and oxygen atoms in total. The van der Waals surface area contributed by atoms with Gasteiger partial charge in [-0.1, -0.05) is 25.6 Å². The van der Waals surface area contributed by atoms with Gasteiger partial charge in [0.1, 0.15) is 0 Å². The first-order valence-electron chi connectivity index (χ1n) is 11.5. The van der Waals surface area contributed by atoms with Crippen molar-refractivity contribution in [2.45, 2.75) is 78.5 Å². The van der Waals surface area contributed by atoms with E-state index in [9.17, 15) is 20.2 Å². The molecule has 1 heterocycles. The summed E-state index contributed by atoms with van der Waals surface area (Å²) in [4.78, 5) is 34.1. The van der Waals surface area contributed by atoms with Gasteiger partial charge in [0, 0.05) is 30.3 Å². The third-order valence-electron chi connectivity index (χ3n) is 5.06. The predicted octanol–water partition coefficient (Wildman–Crippen LogP) is 5.57. The standard InChI is InChI=1S/C13H19N3O4.C9H17N5S/c1-5-10(6-2)14-12-11(15(17)18)7-8(3)9(4)13(12)16(19)20;1-5-10-7-12-8(11-6(2)3)14-9(13-7)15-4/h7,10,14H,5-6H2,1-4H3;6H,5H2,1-4H3,(H2,10,11,12,13,14). The van der Waals surface area contributed by atoms with E-state index in [-0.39, 0.29) is 23.1 Å². The number of hydrogen-bond donors (Lipinski definition) is 3. The van der Waals surface area contributed by atoms with E-state index in [4.69, 9.17) is 0 Å². The molecule has 0 aliphatic rings. The summed E-state index contributed by atoms with van der Waals surface area (Å²) >= 11 is 1.51. The highest BCUT2D eigenvalue weighted by Gasteiger charge is 2.30. The van der Waals surface area contributed by atoms with Gasteiger partial charge in [0.05, 0.1) is 9.85 Å². The maximum Gasteiger partial charge on any atom is 0.302 e. The number of nitrogens with one attached hydrogen (secondary N) is 3. The molecule has 0 spiro atoms. The Balaban J connectivity index is 0.000000365. The van der Waals surface area contributed by atoms with Crippen molar-refractivity contribution < 1.29 is 9.85 Å². The molecule has 2 aromatic rings. The van der Waals surface area contributed by atoms with Gasteiger partial charge in [-0.2, -0.15) is 15.0 Å². The van der Waals surface area contributed by atoms with Crippen LogP contribution in [-0.2, 0) is 0 Å². The molecule has 13 heteroatoms. The van der Waals surface area contributed by atoms with Crippen LogP contribution in [-0.4, -0.2) is 49.7 Å². The molecule has 0 radical (unpaired) electrons. The van der Waals surface area contributed by atoms with Crippen LogP contribution in [0.4, 0.5) is 29.0 Å². The molecule has 35 heavy (non-hydrogen) atoms. The lowest BCUT2D eigenvalue weighted by Crippen LogP contribution is -2.19. The van der Waals surface area contributed by atoms with Crippen molar-refractivity contribution in [3.05, 3.63) is 37.4 Å². The number of nitro groups is 2. The number of thioether (sulfide) groups is 1. The molecule has 1 aromatic carbocycles. The number of rotatable bonds is 11. The minimum Gasteiger partial charge on any atom is -0.371 e. The molecule has 0 fully saturated rings. The molecule has 1 aromatic heterocycles. The molecule has 0 atom stereocenters. The highest BCUT2D eigenvalue weighted by atomic mass is 32.2. The number of aromatic nitrogens is 3. The first-order valence-corrected chi connectivity index (χ1v) is 12.7. The summed E-state index contributed by atoms with van der Waals surface area (Å²) in [6.45, 7) is 14.0. The van der Waals surface area contributed by atoms with Crippen LogP contribution in [0.25, 0.3) is 0 Å². The Morgan fingerprint density at radius 3 is 2.03 bits per heavy atom. The van der Waals surface area contributed by atoms with Crippen LogP contribution in [0.5, 0.6) is 0 Å². The van der Waals surface area contributed by atoms with Gasteiger partial charge in [-0.05, 0) is 59.3 Å². The van der Waals surface area contributed by atoms with Gasteiger partial charge in [-0.25, -0.2) is 0 Å². The first kappa shape index (κ1) is 29.8. The van der Waals surface area contributed by atoms with Crippen molar-refractivity contribution in [1.82, 2.24) is 15.0 Å². The number of benzene rings is 1. The van der Waals surface area contributed by atoms with Gasteiger partial charge in [0.2, 0.25) is 11.9 Å². The lowest BCUT2D eigenvalue weighted by molar-refractivity contribution is -0.392. The SMILES string of the molecule is CCC(CC)Nc1c([N+](=O)[O-])cc(C)c(C)c1[N+](=O)[O-].CCNc1nc(NC(C)C)nc(SC)n1. The van der Waals surface area contributed by atoms with Gasteiger partial charge in [-0.15, -0.1) is 0 Å². The van der Waals surface area contributed by atoms with Crippen LogP contribution >= 0.6 is 11.8 Å².